The predicted octanol–water partition coefficient (Wildman–Crippen LogP) is 1.02. The number of carbonyl (C=O) groups is 2. The molecule has 0 aliphatic rings. The molecule has 5 nitrogen and oxygen atoms in total. The highest BCUT2D eigenvalue weighted by Gasteiger charge is 2.14. The second-order valence-corrected chi connectivity index (χ2v) is 4.40. The summed E-state index contributed by atoms with van der Waals surface area (Å²) in [7, 11) is 0. The van der Waals surface area contributed by atoms with Crippen LogP contribution in [0, 0.1) is 5.92 Å². The Morgan fingerprint density at radius 2 is 2.11 bits per heavy atom. The number of benzene rings is 1. The Morgan fingerprint density at radius 1 is 1.39 bits per heavy atom. The Kier molecular flexibility index (Phi) is 5.61. The lowest BCUT2D eigenvalue weighted by Gasteiger charge is -2.09. The fourth-order valence-corrected chi connectivity index (χ4v) is 1.36. The average molecular weight is 271 g/mol. The standard InChI is InChI=1S/C12H15ClN2O3/c1-8(7-16)6-14-11(17)12(18)15-10-4-2-3-9(13)5-10/h2-5,8,16H,6-7H2,1H3,(H,14,17)(H,15,18). The van der Waals surface area contributed by atoms with Crippen molar-refractivity contribution in [3.8, 4) is 0 Å². The lowest BCUT2D eigenvalue weighted by atomic mass is 10.2. The zero-order chi connectivity index (χ0) is 13.5. The van der Waals surface area contributed by atoms with E-state index in [1.54, 1.807) is 31.2 Å². The van der Waals surface area contributed by atoms with E-state index in [1.165, 1.54) is 0 Å². The highest BCUT2D eigenvalue weighted by molar-refractivity contribution is 6.39. The Morgan fingerprint density at radius 3 is 2.72 bits per heavy atom. The molecule has 1 unspecified atom stereocenters. The van der Waals surface area contributed by atoms with Gasteiger partial charge in [0.2, 0.25) is 0 Å². The van der Waals surface area contributed by atoms with Crippen LogP contribution in [0.5, 0.6) is 0 Å². The topological polar surface area (TPSA) is 78.4 Å². The number of aliphatic hydroxyl groups is 1. The summed E-state index contributed by atoms with van der Waals surface area (Å²) >= 11 is 5.75. The van der Waals surface area contributed by atoms with Crippen molar-refractivity contribution in [3.63, 3.8) is 0 Å². The number of hydrogen-bond donors (Lipinski definition) is 3. The van der Waals surface area contributed by atoms with E-state index in [0.717, 1.165) is 0 Å². The summed E-state index contributed by atoms with van der Waals surface area (Å²) in [4.78, 5) is 22.9. The number of anilines is 1. The molecule has 3 N–H and O–H groups in total. The normalized spacial score (nSPS) is 11.7. The molecule has 0 heterocycles. The number of halogens is 1. The summed E-state index contributed by atoms with van der Waals surface area (Å²) in [6.07, 6.45) is 0. The predicted molar refractivity (Wildman–Crippen MR) is 69.3 cm³/mol. The highest BCUT2D eigenvalue weighted by Crippen LogP contribution is 2.14. The van der Waals surface area contributed by atoms with Crippen LogP contribution >= 0.6 is 11.6 Å². The van der Waals surface area contributed by atoms with Gasteiger partial charge < -0.3 is 15.7 Å². The maximum Gasteiger partial charge on any atom is 0.313 e. The number of amides is 2. The fraction of sp³-hybridized carbons (Fsp3) is 0.333. The molecule has 0 saturated carbocycles. The van der Waals surface area contributed by atoms with Crippen LogP contribution in [0.25, 0.3) is 0 Å². The number of carbonyl (C=O) groups excluding carboxylic acids is 2. The molecule has 2 amide bonds. The first kappa shape index (κ1) is 14.5. The van der Waals surface area contributed by atoms with Crippen molar-refractivity contribution < 1.29 is 14.7 Å². The van der Waals surface area contributed by atoms with E-state index in [1.807, 2.05) is 0 Å². The zero-order valence-electron chi connectivity index (χ0n) is 9.94. The first-order valence-corrected chi connectivity index (χ1v) is 5.86. The minimum atomic E-state index is -0.762. The molecule has 0 aromatic heterocycles. The van der Waals surface area contributed by atoms with Gasteiger partial charge in [-0.2, -0.15) is 0 Å². The zero-order valence-corrected chi connectivity index (χ0v) is 10.7. The minimum Gasteiger partial charge on any atom is -0.396 e. The van der Waals surface area contributed by atoms with Crippen LogP contribution in [0.4, 0.5) is 5.69 Å². The molecule has 1 atom stereocenters. The maximum absolute atomic E-state index is 11.5. The van der Waals surface area contributed by atoms with Crippen molar-refractivity contribution in [1.29, 1.82) is 0 Å². The van der Waals surface area contributed by atoms with Gasteiger partial charge in [0, 0.05) is 23.9 Å². The van der Waals surface area contributed by atoms with E-state index < -0.39 is 11.8 Å². The van der Waals surface area contributed by atoms with Gasteiger partial charge >= 0.3 is 11.8 Å². The highest BCUT2D eigenvalue weighted by atomic mass is 35.5. The Balaban J connectivity index is 2.47. The molecule has 1 aromatic carbocycles. The largest absolute Gasteiger partial charge is 0.396 e. The second kappa shape index (κ2) is 6.98. The Labute approximate surface area is 110 Å². The van der Waals surface area contributed by atoms with Crippen molar-refractivity contribution in [2.75, 3.05) is 18.5 Å². The summed E-state index contributed by atoms with van der Waals surface area (Å²) in [6, 6.07) is 6.51. The van der Waals surface area contributed by atoms with Gasteiger partial charge in [-0.05, 0) is 24.1 Å². The molecule has 0 bridgehead atoms. The van der Waals surface area contributed by atoms with Crippen LogP contribution in [0.15, 0.2) is 24.3 Å². The lowest BCUT2D eigenvalue weighted by Crippen LogP contribution is -2.38. The van der Waals surface area contributed by atoms with Gasteiger partial charge in [-0.25, -0.2) is 0 Å². The van der Waals surface area contributed by atoms with Gasteiger partial charge in [0.15, 0.2) is 0 Å². The van der Waals surface area contributed by atoms with Gasteiger partial charge in [0.1, 0.15) is 0 Å². The van der Waals surface area contributed by atoms with E-state index >= 15 is 0 Å². The van der Waals surface area contributed by atoms with Crippen LogP contribution in [0.2, 0.25) is 5.02 Å². The molecule has 0 radical (unpaired) electrons. The minimum absolute atomic E-state index is 0.0454. The number of nitrogens with one attached hydrogen (secondary N) is 2. The van der Waals surface area contributed by atoms with E-state index in [4.69, 9.17) is 16.7 Å². The van der Waals surface area contributed by atoms with Gasteiger partial charge in [-0.3, -0.25) is 9.59 Å². The summed E-state index contributed by atoms with van der Waals surface area (Å²) in [6.45, 7) is 1.96. The van der Waals surface area contributed by atoms with Crippen molar-refractivity contribution in [2.45, 2.75) is 6.92 Å². The molecule has 1 rings (SSSR count). The summed E-state index contributed by atoms with van der Waals surface area (Å²) in [5.41, 5.74) is 0.456. The van der Waals surface area contributed by atoms with Crippen LogP contribution in [-0.2, 0) is 9.59 Å². The van der Waals surface area contributed by atoms with E-state index in [2.05, 4.69) is 10.6 Å². The number of rotatable bonds is 4. The summed E-state index contributed by atoms with van der Waals surface area (Å²) in [5.74, 6) is -1.59. The quantitative estimate of drug-likeness (QED) is 0.715. The van der Waals surface area contributed by atoms with Gasteiger partial charge in [-0.1, -0.05) is 24.6 Å². The van der Waals surface area contributed by atoms with E-state index in [0.29, 0.717) is 10.7 Å². The molecule has 18 heavy (non-hydrogen) atoms. The third-order valence-corrected chi connectivity index (χ3v) is 2.45. The smallest absolute Gasteiger partial charge is 0.313 e. The third kappa shape index (κ3) is 4.73. The van der Waals surface area contributed by atoms with Crippen LogP contribution in [0.1, 0.15) is 6.92 Å². The molecule has 6 heteroatoms. The van der Waals surface area contributed by atoms with Crippen molar-refractivity contribution >= 4 is 29.1 Å². The van der Waals surface area contributed by atoms with Crippen molar-refractivity contribution in [3.05, 3.63) is 29.3 Å². The van der Waals surface area contributed by atoms with Crippen LogP contribution in [0.3, 0.4) is 0 Å². The SMILES string of the molecule is CC(CO)CNC(=O)C(=O)Nc1cccc(Cl)c1. The lowest BCUT2D eigenvalue weighted by molar-refractivity contribution is -0.136. The first-order valence-electron chi connectivity index (χ1n) is 5.48. The molecular formula is C12H15ClN2O3. The summed E-state index contributed by atoms with van der Waals surface area (Å²) in [5, 5.41) is 14.1. The van der Waals surface area contributed by atoms with Gasteiger partial charge in [-0.15, -0.1) is 0 Å². The van der Waals surface area contributed by atoms with Gasteiger partial charge in [0.25, 0.3) is 0 Å². The number of hydrogen-bond acceptors (Lipinski definition) is 3. The second-order valence-electron chi connectivity index (χ2n) is 3.96. The molecule has 98 valence electrons. The maximum atomic E-state index is 11.5. The van der Waals surface area contributed by atoms with E-state index in [-0.39, 0.29) is 19.1 Å². The molecule has 0 aliphatic carbocycles. The van der Waals surface area contributed by atoms with Crippen molar-refractivity contribution in [1.82, 2.24) is 5.32 Å². The fourth-order valence-electron chi connectivity index (χ4n) is 1.17. The molecular weight excluding hydrogens is 256 g/mol. The molecule has 0 spiro atoms. The van der Waals surface area contributed by atoms with Gasteiger partial charge in [0.05, 0.1) is 0 Å². The van der Waals surface area contributed by atoms with Crippen LogP contribution < -0.4 is 10.6 Å². The third-order valence-electron chi connectivity index (χ3n) is 2.21. The average Bonchev–Trinajstić information content (AvgIpc) is 2.35. The molecule has 0 saturated heterocycles. The van der Waals surface area contributed by atoms with Crippen molar-refractivity contribution in [2.24, 2.45) is 5.92 Å². The Hall–Kier alpha value is -1.59. The first-order chi connectivity index (χ1) is 8.52. The van der Waals surface area contributed by atoms with Crippen LogP contribution in [-0.4, -0.2) is 30.1 Å². The molecule has 1 aromatic rings. The van der Waals surface area contributed by atoms with E-state index in [9.17, 15) is 9.59 Å². The summed E-state index contributed by atoms with van der Waals surface area (Å²) < 4.78 is 0. The monoisotopic (exact) mass is 270 g/mol. The molecule has 0 aliphatic heterocycles. The molecule has 0 fully saturated rings. The number of aliphatic hydroxyl groups excluding tert-OH is 1. The Bertz CT molecular complexity index is 437.